The first kappa shape index (κ1) is 30.5. The third kappa shape index (κ3) is 8.08. The van der Waals surface area contributed by atoms with Crippen LogP contribution in [0.4, 0.5) is 45.2 Å². The Morgan fingerprint density at radius 2 is 1.17 bits per heavy atom. The van der Waals surface area contributed by atoms with E-state index in [1.807, 2.05) is 0 Å². The van der Waals surface area contributed by atoms with E-state index in [9.17, 15) is 39.5 Å². The summed E-state index contributed by atoms with van der Waals surface area (Å²) in [6, 6.07) is 20.4. The minimum absolute atomic E-state index is 0.0415. The van der Waals surface area contributed by atoms with Crippen LogP contribution in [0, 0.1) is 0 Å². The van der Waals surface area contributed by atoms with Gasteiger partial charge in [-0.1, -0.05) is 54.6 Å². The van der Waals surface area contributed by atoms with E-state index in [-0.39, 0.29) is 29.8 Å². The molecule has 0 radical (unpaired) electrons. The van der Waals surface area contributed by atoms with E-state index in [2.05, 4.69) is 19.8 Å². The molecule has 3 aromatic carbocycles. The highest BCUT2D eigenvalue weighted by Crippen LogP contribution is 2.40. The van der Waals surface area contributed by atoms with Crippen molar-refractivity contribution in [3.8, 4) is 11.5 Å². The summed E-state index contributed by atoms with van der Waals surface area (Å²) in [5.41, 5.74) is -1.33. The molecule has 0 atom stereocenters. The highest BCUT2D eigenvalue weighted by molar-refractivity contribution is 5.51. The smallest absolute Gasteiger partial charge is 0.406 e. The van der Waals surface area contributed by atoms with Crippen LogP contribution in [0.5, 0.6) is 11.5 Å². The molecule has 1 N–H and O–H groups in total. The van der Waals surface area contributed by atoms with Crippen LogP contribution < -0.4 is 14.8 Å². The summed E-state index contributed by atoms with van der Waals surface area (Å²) in [4.78, 5) is 3.41. The topological polar surface area (TPSA) is 43.4 Å². The van der Waals surface area contributed by atoms with E-state index in [1.54, 1.807) is 30.3 Å². The Bertz CT molecular complexity index is 1410. The number of benzene rings is 3. The summed E-state index contributed by atoms with van der Waals surface area (Å²) in [6.45, 7) is -0.195. The van der Waals surface area contributed by atoms with E-state index in [0.29, 0.717) is 5.56 Å². The van der Waals surface area contributed by atoms with Gasteiger partial charge in [0.05, 0.1) is 11.9 Å². The van der Waals surface area contributed by atoms with Gasteiger partial charge in [0.2, 0.25) is 0 Å². The Labute approximate surface area is 233 Å². The van der Waals surface area contributed by atoms with Crippen LogP contribution in [0.15, 0.2) is 97.2 Å². The predicted octanol–water partition coefficient (Wildman–Crippen LogP) is 8.54. The molecule has 13 heteroatoms. The molecule has 222 valence electrons. The number of ether oxygens (including phenoxy) is 2. The van der Waals surface area contributed by atoms with Crippen molar-refractivity contribution in [1.82, 2.24) is 4.98 Å². The average molecular weight is 600 g/mol. The van der Waals surface area contributed by atoms with Gasteiger partial charge in [0.15, 0.2) is 0 Å². The van der Waals surface area contributed by atoms with E-state index < -0.39 is 41.5 Å². The molecule has 0 saturated heterocycles. The molecule has 42 heavy (non-hydrogen) atoms. The molecule has 0 unspecified atom stereocenters. The third-order valence-corrected chi connectivity index (χ3v) is 6.24. The number of halogens is 9. The monoisotopic (exact) mass is 600 g/mol. The number of hydrogen-bond donors (Lipinski definition) is 1. The molecule has 0 saturated carbocycles. The van der Waals surface area contributed by atoms with Crippen molar-refractivity contribution < 1.29 is 49.0 Å². The van der Waals surface area contributed by atoms with E-state index in [0.717, 1.165) is 42.6 Å². The predicted molar refractivity (Wildman–Crippen MR) is 135 cm³/mol. The van der Waals surface area contributed by atoms with E-state index >= 15 is 0 Å². The molecule has 4 aromatic rings. The fraction of sp³-hybridized carbons (Fsp3) is 0.207. The first-order valence-electron chi connectivity index (χ1n) is 12.2. The second-order valence-electron chi connectivity index (χ2n) is 9.18. The zero-order valence-corrected chi connectivity index (χ0v) is 21.3. The molecule has 0 aliphatic rings. The lowest BCUT2D eigenvalue weighted by atomic mass is 9.70. The fourth-order valence-corrected chi connectivity index (χ4v) is 4.48. The van der Waals surface area contributed by atoms with Crippen LogP contribution >= 0.6 is 0 Å². The third-order valence-electron chi connectivity index (χ3n) is 6.24. The maximum atomic E-state index is 13.1. The van der Waals surface area contributed by atoms with Gasteiger partial charge in [-0.15, -0.1) is 26.3 Å². The SMILES string of the molecule is FC(F)(F)Oc1cccc(C(CNc2ccc(C(F)(F)F)nc2)(Cc2ccccc2)c2cccc(OC(F)(F)F)c2)c1. The highest BCUT2D eigenvalue weighted by Gasteiger charge is 2.38. The minimum Gasteiger partial charge on any atom is -0.406 e. The van der Waals surface area contributed by atoms with Gasteiger partial charge < -0.3 is 14.8 Å². The molecule has 4 nitrogen and oxygen atoms in total. The van der Waals surface area contributed by atoms with Gasteiger partial charge in [-0.05, 0) is 59.5 Å². The van der Waals surface area contributed by atoms with Crippen LogP contribution in [0.25, 0.3) is 0 Å². The summed E-state index contributed by atoms with van der Waals surface area (Å²) >= 11 is 0. The van der Waals surface area contributed by atoms with E-state index in [4.69, 9.17) is 0 Å². The molecule has 0 bridgehead atoms. The van der Waals surface area contributed by atoms with Crippen LogP contribution in [0.3, 0.4) is 0 Å². The summed E-state index contributed by atoms with van der Waals surface area (Å²) in [6.07, 6.45) is -13.8. The number of anilines is 1. The number of rotatable bonds is 9. The molecule has 1 aromatic heterocycles. The zero-order valence-electron chi connectivity index (χ0n) is 21.3. The summed E-state index contributed by atoms with van der Waals surface area (Å²) in [5, 5.41) is 2.96. The molecular weight excluding hydrogens is 579 g/mol. The summed E-state index contributed by atoms with van der Waals surface area (Å²) < 4.78 is 126. The van der Waals surface area contributed by atoms with Gasteiger partial charge in [0.1, 0.15) is 17.2 Å². The number of nitrogens with one attached hydrogen (secondary N) is 1. The van der Waals surface area contributed by atoms with Gasteiger partial charge in [0.25, 0.3) is 0 Å². The highest BCUT2D eigenvalue weighted by atomic mass is 19.4. The molecular formula is C29H21F9N2O2. The lowest BCUT2D eigenvalue weighted by molar-refractivity contribution is -0.275. The van der Waals surface area contributed by atoms with Gasteiger partial charge in [0, 0.05) is 12.0 Å². The number of aromatic nitrogens is 1. The quantitative estimate of drug-likeness (QED) is 0.196. The van der Waals surface area contributed by atoms with Crippen LogP contribution in [0.2, 0.25) is 0 Å². The first-order chi connectivity index (χ1) is 19.6. The van der Waals surface area contributed by atoms with Crippen molar-refractivity contribution in [2.75, 3.05) is 11.9 Å². The van der Waals surface area contributed by atoms with E-state index in [1.165, 1.54) is 24.3 Å². The number of pyridine rings is 1. The Morgan fingerprint density at radius 1 is 0.619 bits per heavy atom. The van der Waals surface area contributed by atoms with Crippen molar-refractivity contribution in [3.63, 3.8) is 0 Å². The van der Waals surface area contributed by atoms with Gasteiger partial charge in [-0.3, -0.25) is 0 Å². The maximum Gasteiger partial charge on any atom is 0.573 e. The standard InChI is InChI=1S/C29H21F9N2O2/c30-27(31,32)25-13-12-22(17-39-25)40-18-26(16-19-6-2-1-3-7-19,20-8-4-10-23(14-20)41-28(33,34)35)21-9-5-11-24(15-21)42-29(36,37)38/h1-15,17,40H,16,18H2. The summed E-state index contributed by atoms with van der Waals surface area (Å²) in [5.74, 6) is -1.15. The lowest BCUT2D eigenvalue weighted by Gasteiger charge is -2.36. The lowest BCUT2D eigenvalue weighted by Crippen LogP contribution is -2.38. The van der Waals surface area contributed by atoms with Crippen LogP contribution in [0.1, 0.15) is 22.4 Å². The Hall–Kier alpha value is -4.42. The van der Waals surface area contributed by atoms with Crippen molar-refractivity contribution in [1.29, 1.82) is 0 Å². The van der Waals surface area contributed by atoms with Crippen molar-refractivity contribution >= 4 is 5.69 Å². The second kappa shape index (κ2) is 11.8. The summed E-state index contributed by atoms with van der Waals surface area (Å²) in [7, 11) is 0. The van der Waals surface area contributed by atoms with Crippen molar-refractivity contribution in [2.24, 2.45) is 0 Å². The molecule has 0 fully saturated rings. The Morgan fingerprint density at radius 3 is 1.62 bits per heavy atom. The van der Waals surface area contributed by atoms with Gasteiger partial charge in [-0.2, -0.15) is 13.2 Å². The first-order valence-corrected chi connectivity index (χ1v) is 12.2. The Balaban J connectivity index is 1.87. The van der Waals surface area contributed by atoms with Gasteiger partial charge in [-0.25, -0.2) is 4.98 Å². The minimum atomic E-state index is -5.02. The Kier molecular flexibility index (Phi) is 8.60. The van der Waals surface area contributed by atoms with Crippen molar-refractivity contribution in [2.45, 2.75) is 30.7 Å². The average Bonchev–Trinajstić information content (AvgIpc) is 2.90. The zero-order chi connectivity index (χ0) is 30.6. The van der Waals surface area contributed by atoms with Gasteiger partial charge >= 0.3 is 18.9 Å². The fourth-order valence-electron chi connectivity index (χ4n) is 4.48. The maximum absolute atomic E-state index is 13.1. The molecule has 0 spiro atoms. The van der Waals surface area contributed by atoms with Crippen LogP contribution in [-0.2, 0) is 18.0 Å². The largest absolute Gasteiger partial charge is 0.573 e. The van der Waals surface area contributed by atoms with Crippen LogP contribution in [-0.4, -0.2) is 24.3 Å². The molecule has 4 rings (SSSR count). The molecule has 0 aliphatic heterocycles. The molecule has 0 aliphatic carbocycles. The second-order valence-corrected chi connectivity index (χ2v) is 9.18. The normalized spacial score (nSPS) is 12.6. The molecule has 0 amide bonds. The molecule has 1 heterocycles. The number of hydrogen-bond acceptors (Lipinski definition) is 4. The number of alkyl halides is 9. The van der Waals surface area contributed by atoms with Crippen molar-refractivity contribution in [3.05, 3.63) is 120 Å². The number of nitrogens with zero attached hydrogens (tertiary/aromatic N) is 1.